The zero-order valence-electron chi connectivity index (χ0n) is 12.0. The first kappa shape index (κ1) is 12.5. The summed E-state index contributed by atoms with van der Waals surface area (Å²) in [6.45, 7) is 4.42. The van der Waals surface area contributed by atoms with Gasteiger partial charge in [0.1, 0.15) is 5.75 Å². The van der Waals surface area contributed by atoms with Gasteiger partial charge < -0.3 is 14.6 Å². The van der Waals surface area contributed by atoms with Gasteiger partial charge in [0.05, 0.1) is 12.6 Å². The molecule has 1 atom stereocenters. The van der Waals surface area contributed by atoms with Crippen molar-refractivity contribution in [2.75, 3.05) is 20.2 Å². The summed E-state index contributed by atoms with van der Waals surface area (Å²) in [7, 11) is 3.92. The molecule has 1 aliphatic heterocycles. The van der Waals surface area contributed by atoms with Crippen LogP contribution in [0.3, 0.4) is 0 Å². The first-order valence-electron chi connectivity index (χ1n) is 7.05. The van der Waals surface area contributed by atoms with Crippen LogP contribution in [0.25, 0.3) is 10.9 Å². The maximum atomic E-state index is 5.38. The predicted molar refractivity (Wildman–Crippen MR) is 79.1 cm³/mol. The Morgan fingerprint density at radius 3 is 2.84 bits per heavy atom. The number of aryl methyl sites for hydroxylation is 2. The molecule has 1 saturated heterocycles. The number of aromatic nitrogens is 1. The minimum absolute atomic E-state index is 0.636. The highest BCUT2D eigenvalue weighted by Gasteiger charge is 2.20. The van der Waals surface area contributed by atoms with Gasteiger partial charge in [-0.25, -0.2) is 0 Å². The van der Waals surface area contributed by atoms with E-state index in [-0.39, 0.29) is 0 Å². The second-order valence-electron chi connectivity index (χ2n) is 5.55. The van der Waals surface area contributed by atoms with Crippen molar-refractivity contribution in [3.63, 3.8) is 0 Å². The van der Waals surface area contributed by atoms with E-state index in [1.165, 1.54) is 35.0 Å². The standard InChI is InChI=1S/C16H22N2O/c1-11-7-14(19-3)8-13-9-15(18(2)16(11)13)12-5-4-6-17-10-12/h7-9,12,17H,4-6,10H2,1-3H3. The Morgan fingerprint density at radius 2 is 2.16 bits per heavy atom. The van der Waals surface area contributed by atoms with Crippen LogP contribution in [0.15, 0.2) is 18.2 Å². The normalized spacial score (nSPS) is 19.8. The molecule has 2 aromatic rings. The third kappa shape index (κ3) is 2.12. The maximum absolute atomic E-state index is 5.38. The Kier molecular flexibility index (Phi) is 3.23. The van der Waals surface area contributed by atoms with Gasteiger partial charge in [-0.05, 0) is 50.1 Å². The van der Waals surface area contributed by atoms with E-state index < -0.39 is 0 Å². The topological polar surface area (TPSA) is 26.2 Å². The number of hydrogen-bond acceptors (Lipinski definition) is 2. The summed E-state index contributed by atoms with van der Waals surface area (Å²) in [5, 5.41) is 4.80. The summed E-state index contributed by atoms with van der Waals surface area (Å²) in [5.41, 5.74) is 4.06. The van der Waals surface area contributed by atoms with Crippen molar-refractivity contribution in [3.05, 3.63) is 29.5 Å². The van der Waals surface area contributed by atoms with Crippen LogP contribution >= 0.6 is 0 Å². The van der Waals surface area contributed by atoms with Crippen LogP contribution in [0.1, 0.15) is 30.0 Å². The van der Waals surface area contributed by atoms with E-state index >= 15 is 0 Å². The highest BCUT2D eigenvalue weighted by atomic mass is 16.5. The molecule has 1 unspecified atom stereocenters. The SMILES string of the molecule is COc1cc(C)c2c(c1)cc(C1CCCNC1)n2C. The zero-order valence-corrected chi connectivity index (χ0v) is 12.0. The molecule has 0 radical (unpaired) electrons. The molecule has 1 aromatic carbocycles. The number of nitrogens with zero attached hydrogens (tertiary/aromatic N) is 1. The van der Waals surface area contributed by atoms with Gasteiger partial charge in [0.25, 0.3) is 0 Å². The van der Waals surface area contributed by atoms with Crippen LogP contribution in [-0.4, -0.2) is 24.8 Å². The van der Waals surface area contributed by atoms with Crippen molar-refractivity contribution in [1.82, 2.24) is 9.88 Å². The van der Waals surface area contributed by atoms with Gasteiger partial charge in [-0.2, -0.15) is 0 Å². The number of piperidine rings is 1. The van der Waals surface area contributed by atoms with Crippen molar-refractivity contribution in [2.45, 2.75) is 25.7 Å². The van der Waals surface area contributed by atoms with Crippen LogP contribution in [0, 0.1) is 6.92 Å². The quantitative estimate of drug-likeness (QED) is 0.896. The molecule has 3 heteroatoms. The second kappa shape index (κ2) is 4.89. The lowest BCUT2D eigenvalue weighted by Gasteiger charge is -2.23. The van der Waals surface area contributed by atoms with Crippen molar-refractivity contribution >= 4 is 10.9 Å². The molecule has 2 heterocycles. The van der Waals surface area contributed by atoms with E-state index in [4.69, 9.17) is 4.74 Å². The summed E-state index contributed by atoms with van der Waals surface area (Å²) in [6, 6.07) is 6.59. The van der Waals surface area contributed by atoms with Crippen LogP contribution in [0.4, 0.5) is 0 Å². The monoisotopic (exact) mass is 258 g/mol. The number of benzene rings is 1. The Bertz CT molecular complexity index is 594. The minimum atomic E-state index is 0.636. The van der Waals surface area contributed by atoms with Gasteiger partial charge in [-0.15, -0.1) is 0 Å². The molecule has 1 aromatic heterocycles. The molecule has 0 aliphatic carbocycles. The van der Waals surface area contributed by atoms with E-state index in [2.05, 4.69) is 42.1 Å². The van der Waals surface area contributed by atoms with Crippen LogP contribution in [0.2, 0.25) is 0 Å². The highest BCUT2D eigenvalue weighted by molar-refractivity contribution is 5.86. The van der Waals surface area contributed by atoms with Crippen LogP contribution in [0.5, 0.6) is 5.75 Å². The molecule has 19 heavy (non-hydrogen) atoms. The van der Waals surface area contributed by atoms with Gasteiger partial charge >= 0.3 is 0 Å². The summed E-state index contributed by atoms with van der Waals surface area (Å²) in [5.74, 6) is 1.58. The van der Waals surface area contributed by atoms with E-state index in [1.54, 1.807) is 7.11 Å². The molecular weight excluding hydrogens is 236 g/mol. The summed E-state index contributed by atoms with van der Waals surface area (Å²) in [6.07, 6.45) is 2.56. The predicted octanol–water partition coefficient (Wildman–Crippen LogP) is 2.96. The number of nitrogens with one attached hydrogen (secondary N) is 1. The van der Waals surface area contributed by atoms with Gasteiger partial charge in [0, 0.05) is 30.6 Å². The Morgan fingerprint density at radius 1 is 1.32 bits per heavy atom. The third-order valence-electron chi connectivity index (χ3n) is 4.28. The van der Waals surface area contributed by atoms with Gasteiger partial charge in [-0.3, -0.25) is 0 Å². The first-order valence-corrected chi connectivity index (χ1v) is 7.05. The first-order chi connectivity index (χ1) is 9.20. The molecule has 1 aliphatic rings. The summed E-state index contributed by atoms with van der Waals surface area (Å²) < 4.78 is 7.74. The smallest absolute Gasteiger partial charge is 0.119 e. The van der Waals surface area contributed by atoms with Gasteiger partial charge in [0.2, 0.25) is 0 Å². The lowest BCUT2D eigenvalue weighted by atomic mass is 9.96. The minimum Gasteiger partial charge on any atom is -0.497 e. The summed E-state index contributed by atoms with van der Waals surface area (Å²) >= 11 is 0. The second-order valence-corrected chi connectivity index (χ2v) is 5.55. The average Bonchev–Trinajstić information content (AvgIpc) is 2.77. The van der Waals surface area contributed by atoms with E-state index in [1.807, 2.05) is 0 Å². The molecule has 3 nitrogen and oxygen atoms in total. The lowest BCUT2D eigenvalue weighted by Crippen LogP contribution is -2.29. The van der Waals surface area contributed by atoms with Crippen molar-refractivity contribution in [3.8, 4) is 5.75 Å². The van der Waals surface area contributed by atoms with Crippen molar-refractivity contribution in [1.29, 1.82) is 0 Å². The fourth-order valence-corrected chi connectivity index (χ4v) is 3.34. The van der Waals surface area contributed by atoms with Crippen molar-refractivity contribution < 1.29 is 4.74 Å². The van der Waals surface area contributed by atoms with Gasteiger partial charge in [-0.1, -0.05) is 0 Å². The number of ether oxygens (including phenoxy) is 1. The molecule has 102 valence electrons. The van der Waals surface area contributed by atoms with Crippen LogP contribution in [-0.2, 0) is 7.05 Å². The molecule has 0 bridgehead atoms. The number of rotatable bonds is 2. The molecule has 0 saturated carbocycles. The van der Waals surface area contributed by atoms with Gasteiger partial charge in [0.15, 0.2) is 0 Å². The third-order valence-corrected chi connectivity index (χ3v) is 4.28. The Balaban J connectivity index is 2.11. The molecule has 1 fully saturated rings. The van der Waals surface area contributed by atoms with Crippen molar-refractivity contribution in [2.24, 2.45) is 7.05 Å². The fourth-order valence-electron chi connectivity index (χ4n) is 3.34. The summed E-state index contributed by atoms with van der Waals surface area (Å²) in [4.78, 5) is 0. The fraction of sp³-hybridized carbons (Fsp3) is 0.500. The van der Waals surface area contributed by atoms with E-state index in [0.29, 0.717) is 5.92 Å². The number of fused-ring (bicyclic) bond motifs is 1. The lowest BCUT2D eigenvalue weighted by molar-refractivity contribution is 0.415. The number of hydrogen-bond donors (Lipinski definition) is 1. The largest absolute Gasteiger partial charge is 0.497 e. The molecule has 0 amide bonds. The molecule has 1 N–H and O–H groups in total. The average molecular weight is 258 g/mol. The van der Waals surface area contributed by atoms with E-state index in [0.717, 1.165) is 18.8 Å². The Labute approximate surface area is 114 Å². The highest BCUT2D eigenvalue weighted by Crippen LogP contribution is 2.32. The van der Waals surface area contributed by atoms with E-state index in [9.17, 15) is 0 Å². The zero-order chi connectivity index (χ0) is 13.4. The molecule has 0 spiro atoms. The van der Waals surface area contributed by atoms with Crippen LogP contribution < -0.4 is 10.1 Å². The molecular formula is C16H22N2O. The maximum Gasteiger partial charge on any atom is 0.119 e. The molecule has 3 rings (SSSR count). The number of methoxy groups -OCH3 is 1. The Hall–Kier alpha value is -1.48.